The molecule has 0 fully saturated rings. The molecule has 7 heteroatoms. The topological polar surface area (TPSA) is 73.9 Å². The van der Waals surface area contributed by atoms with Crippen LogP contribution >= 0.6 is 11.6 Å². The van der Waals surface area contributed by atoms with Gasteiger partial charge in [0, 0.05) is 18.7 Å². The lowest BCUT2D eigenvalue weighted by Gasteiger charge is -2.25. The summed E-state index contributed by atoms with van der Waals surface area (Å²) in [4.78, 5) is 24.0. The molecule has 6 nitrogen and oxygen atoms in total. The lowest BCUT2D eigenvalue weighted by Crippen LogP contribution is -2.40. The Kier molecular flexibility index (Phi) is 6.24. The van der Waals surface area contributed by atoms with Crippen LogP contribution in [0.25, 0.3) is 0 Å². The van der Waals surface area contributed by atoms with Gasteiger partial charge in [-0.25, -0.2) is 0 Å². The second kappa shape index (κ2) is 8.17. The van der Waals surface area contributed by atoms with Gasteiger partial charge in [0.05, 0.1) is 12.5 Å². The van der Waals surface area contributed by atoms with Gasteiger partial charge < -0.3 is 19.5 Å². The number of nitrogens with one attached hydrogen (secondary N) is 1. The predicted molar refractivity (Wildman–Crippen MR) is 84.6 cm³/mol. The molecule has 23 heavy (non-hydrogen) atoms. The zero-order valence-electron chi connectivity index (χ0n) is 13.1. The van der Waals surface area contributed by atoms with E-state index in [0.29, 0.717) is 24.6 Å². The molecule has 0 aliphatic carbocycles. The Morgan fingerprint density at radius 2 is 2.26 bits per heavy atom. The van der Waals surface area contributed by atoms with E-state index in [9.17, 15) is 9.59 Å². The van der Waals surface area contributed by atoms with Crippen LogP contribution in [0.15, 0.2) is 18.2 Å². The van der Waals surface area contributed by atoms with Gasteiger partial charge in [-0.15, -0.1) is 0 Å². The van der Waals surface area contributed by atoms with Gasteiger partial charge in [-0.3, -0.25) is 9.59 Å². The highest BCUT2D eigenvalue weighted by Crippen LogP contribution is 2.30. The quantitative estimate of drug-likeness (QED) is 0.628. The fraction of sp³-hybridized carbons (Fsp3) is 0.500. The van der Waals surface area contributed by atoms with E-state index in [2.05, 4.69) is 5.32 Å². The smallest absolute Gasteiger partial charge is 0.313 e. The fourth-order valence-corrected chi connectivity index (χ4v) is 2.45. The number of fused-ring (bicyclic) bond motifs is 1. The van der Waals surface area contributed by atoms with Gasteiger partial charge in [0.15, 0.2) is 6.10 Å². The van der Waals surface area contributed by atoms with E-state index in [-0.39, 0.29) is 12.5 Å². The van der Waals surface area contributed by atoms with Crippen LogP contribution in [0, 0.1) is 5.92 Å². The maximum atomic E-state index is 12.2. The Balaban J connectivity index is 1.88. The molecule has 0 bridgehead atoms. The molecule has 0 radical (unpaired) electrons. The molecule has 0 saturated carbocycles. The Morgan fingerprint density at radius 3 is 3.00 bits per heavy atom. The summed E-state index contributed by atoms with van der Waals surface area (Å²) in [6.45, 7) is 2.54. The molecule has 2 rings (SSSR count). The van der Waals surface area contributed by atoms with Gasteiger partial charge in [-0.05, 0) is 37.1 Å². The van der Waals surface area contributed by atoms with Gasteiger partial charge in [0.25, 0.3) is 5.91 Å². The van der Waals surface area contributed by atoms with E-state index < -0.39 is 18.0 Å². The van der Waals surface area contributed by atoms with E-state index in [1.165, 1.54) is 6.92 Å². The van der Waals surface area contributed by atoms with Crippen molar-refractivity contribution in [1.82, 2.24) is 5.32 Å². The Labute approximate surface area is 140 Å². The zero-order chi connectivity index (χ0) is 16.8. The van der Waals surface area contributed by atoms with E-state index >= 15 is 0 Å². The number of halogens is 1. The molecule has 1 aromatic rings. The number of carbonyl (C=O) groups excluding carboxylic acids is 2. The third-order valence-corrected chi connectivity index (χ3v) is 3.76. The standard InChI is InChI=1S/C16H20ClNO5/c1-10(15(19)18-5-6-21-2)23-16(20)12-7-11-8-13(17)3-4-14(11)22-9-12/h3-4,8,10,12H,5-7,9H2,1-2H3,(H,18,19)/t10-,12-/m1/s1. The van der Waals surface area contributed by atoms with Crippen molar-refractivity contribution in [2.75, 3.05) is 26.9 Å². The number of benzene rings is 1. The highest BCUT2D eigenvalue weighted by atomic mass is 35.5. The van der Waals surface area contributed by atoms with Crippen molar-refractivity contribution in [2.24, 2.45) is 5.92 Å². The molecule has 126 valence electrons. The number of esters is 1. The van der Waals surface area contributed by atoms with Gasteiger partial charge in [0.1, 0.15) is 12.4 Å². The number of rotatable bonds is 6. The molecule has 1 aliphatic heterocycles. The normalized spacial score (nSPS) is 17.6. The number of hydrogen-bond donors (Lipinski definition) is 1. The molecular weight excluding hydrogens is 322 g/mol. The number of methoxy groups -OCH3 is 1. The van der Waals surface area contributed by atoms with Gasteiger partial charge in [0.2, 0.25) is 0 Å². The van der Waals surface area contributed by atoms with Crippen LogP contribution in [0.3, 0.4) is 0 Å². The minimum Gasteiger partial charge on any atom is -0.492 e. The molecule has 0 unspecified atom stereocenters. The van der Waals surface area contributed by atoms with E-state index in [4.69, 9.17) is 25.8 Å². The molecule has 1 amide bonds. The summed E-state index contributed by atoms with van der Waals surface area (Å²) >= 11 is 5.96. The maximum absolute atomic E-state index is 12.2. The van der Waals surface area contributed by atoms with E-state index in [0.717, 1.165) is 11.3 Å². The van der Waals surface area contributed by atoms with Crippen LogP contribution in [0.4, 0.5) is 0 Å². The second-order valence-electron chi connectivity index (χ2n) is 5.33. The minimum absolute atomic E-state index is 0.228. The van der Waals surface area contributed by atoms with Crippen molar-refractivity contribution < 1.29 is 23.8 Å². The molecule has 0 aromatic heterocycles. The minimum atomic E-state index is -0.861. The van der Waals surface area contributed by atoms with E-state index in [1.54, 1.807) is 25.3 Å². The van der Waals surface area contributed by atoms with Gasteiger partial charge in [-0.1, -0.05) is 11.6 Å². The van der Waals surface area contributed by atoms with Crippen molar-refractivity contribution in [1.29, 1.82) is 0 Å². The van der Waals surface area contributed by atoms with Crippen molar-refractivity contribution in [2.45, 2.75) is 19.4 Å². The monoisotopic (exact) mass is 341 g/mol. The number of hydrogen-bond acceptors (Lipinski definition) is 5. The lowest BCUT2D eigenvalue weighted by molar-refractivity contribution is -0.160. The molecule has 1 aromatic carbocycles. The van der Waals surface area contributed by atoms with Gasteiger partial charge in [-0.2, -0.15) is 0 Å². The van der Waals surface area contributed by atoms with Crippen LogP contribution in [-0.4, -0.2) is 44.8 Å². The first-order valence-corrected chi connectivity index (χ1v) is 7.77. The van der Waals surface area contributed by atoms with Crippen molar-refractivity contribution in [3.8, 4) is 5.75 Å². The average Bonchev–Trinajstić information content (AvgIpc) is 2.54. The SMILES string of the molecule is COCCNC(=O)[C@@H](C)OC(=O)[C@H]1COc2ccc(Cl)cc2C1. The Morgan fingerprint density at radius 1 is 1.48 bits per heavy atom. The zero-order valence-corrected chi connectivity index (χ0v) is 13.9. The summed E-state index contributed by atoms with van der Waals surface area (Å²) in [6.07, 6.45) is -0.382. The average molecular weight is 342 g/mol. The predicted octanol–water partition coefficient (Wildman–Crippen LogP) is 1.59. The number of carbonyl (C=O) groups is 2. The summed E-state index contributed by atoms with van der Waals surface area (Å²) in [5.74, 6) is -0.528. The molecular formula is C16H20ClNO5. The van der Waals surface area contributed by atoms with Crippen molar-refractivity contribution in [3.63, 3.8) is 0 Å². The summed E-state index contributed by atoms with van der Waals surface area (Å²) < 4.78 is 15.6. The van der Waals surface area contributed by atoms with Crippen LogP contribution in [0.5, 0.6) is 5.75 Å². The molecule has 0 saturated heterocycles. The summed E-state index contributed by atoms with van der Waals surface area (Å²) in [5, 5.41) is 3.21. The summed E-state index contributed by atoms with van der Waals surface area (Å²) in [6, 6.07) is 5.30. The Hall–Kier alpha value is -1.79. The lowest BCUT2D eigenvalue weighted by atomic mass is 9.97. The summed E-state index contributed by atoms with van der Waals surface area (Å²) in [5.41, 5.74) is 0.864. The van der Waals surface area contributed by atoms with Crippen molar-refractivity contribution >= 4 is 23.5 Å². The molecule has 0 spiro atoms. The maximum Gasteiger partial charge on any atom is 0.313 e. The highest BCUT2D eigenvalue weighted by molar-refractivity contribution is 6.30. The first-order chi connectivity index (χ1) is 11.0. The van der Waals surface area contributed by atoms with Crippen LogP contribution in [0.2, 0.25) is 5.02 Å². The first-order valence-electron chi connectivity index (χ1n) is 7.39. The first kappa shape index (κ1) is 17.6. The van der Waals surface area contributed by atoms with Gasteiger partial charge >= 0.3 is 5.97 Å². The third-order valence-electron chi connectivity index (χ3n) is 3.53. The molecule has 1 heterocycles. The number of amides is 1. The van der Waals surface area contributed by atoms with Crippen LogP contribution in [-0.2, 0) is 25.5 Å². The molecule has 2 atom stereocenters. The molecule has 1 N–H and O–H groups in total. The highest BCUT2D eigenvalue weighted by Gasteiger charge is 2.29. The van der Waals surface area contributed by atoms with Crippen molar-refractivity contribution in [3.05, 3.63) is 28.8 Å². The van der Waals surface area contributed by atoms with E-state index in [1.807, 2.05) is 0 Å². The summed E-state index contributed by atoms with van der Waals surface area (Å²) in [7, 11) is 1.54. The largest absolute Gasteiger partial charge is 0.492 e. The molecule has 1 aliphatic rings. The second-order valence-corrected chi connectivity index (χ2v) is 5.76. The van der Waals surface area contributed by atoms with Crippen LogP contribution in [0.1, 0.15) is 12.5 Å². The third kappa shape index (κ3) is 4.84. The number of ether oxygens (including phenoxy) is 3. The fourth-order valence-electron chi connectivity index (χ4n) is 2.26. The van der Waals surface area contributed by atoms with Crippen LogP contribution < -0.4 is 10.1 Å². The Bertz CT molecular complexity index is 578.